The van der Waals surface area contributed by atoms with E-state index in [2.05, 4.69) is 60.4 Å². The molecule has 3 nitrogen and oxygen atoms in total. The summed E-state index contributed by atoms with van der Waals surface area (Å²) in [5.41, 5.74) is 6.13. The lowest BCUT2D eigenvalue weighted by molar-refractivity contribution is -0.141. The third-order valence-electron chi connectivity index (χ3n) is 6.92. The topological polar surface area (TPSA) is 29.5 Å². The van der Waals surface area contributed by atoms with Gasteiger partial charge in [0.15, 0.2) is 0 Å². The Morgan fingerprint density at radius 2 is 1.83 bits per heavy atom. The molecule has 2 atom stereocenters. The van der Waals surface area contributed by atoms with Gasteiger partial charge in [0.25, 0.3) is 0 Å². The van der Waals surface area contributed by atoms with Crippen molar-refractivity contribution in [1.29, 1.82) is 0 Å². The van der Waals surface area contributed by atoms with Gasteiger partial charge in [0.2, 0.25) is 0 Å². The van der Waals surface area contributed by atoms with E-state index in [-0.39, 0.29) is 11.4 Å². The molecule has 0 bridgehead atoms. The van der Waals surface area contributed by atoms with Crippen LogP contribution in [0.1, 0.15) is 54.9 Å². The zero-order chi connectivity index (χ0) is 20.3. The van der Waals surface area contributed by atoms with E-state index in [1.807, 2.05) is 0 Å². The Hall–Kier alpha value is -2.13. The highest BCUT2D eigenvalue weighted by Crippen LogP contribution is 2.41. The number of carbonyl (C=O) groups excluding carboxylic acids is 1. The molecule has 2 unspecified atom stereocenters. The number of benzene rings is 2. The minimum atomic E-state index is -0.0751. The molecule has 1 saturated heterocycles. The van der Waals surface area contributed by atoms with Crippen LogP contribution in [0.2, 0.25) is 0 Å². The Morgan fingerprint density at radius 3 is 2.59 bits per heavy atom. The maximum Gasteiger partial charge on any atom is 0.305 e. The molecule has 2 aromatic carbocycles. The fourth-order valence-corrected chi connectivity index (χ4v) is 5.65. The zero-order valence-corrected chi connectivity index (χ0v) is 17.8. The SMILES string of the molecule is CCCC1(CN2CCC(CC(=O)OC)C2)Cc2ccccc2Cc2ccccc21. The lowest BCUT2D eigenvalue weighted by atomic mass is 9.71. The standard InChI is InChI=1S/C26H33NO2/c1-3-13-26(19-27-14-12-20(18-27)15-25(28)29-2)17-23-10-5-4-8-21(23)16-22-9-6-7-11-24(22)26/h4-11,20H,3,12-19H2,1-2H3. The third kappa shape index (κ3) is 4.25. The number of hydrogen-bond acceptors (Lipinski definition) is 3. The minimum absolute atomic E-state index is 0.0751. The van der Waals surface area contributed by atoms with Gasteiger partial charge < -0.3 is 9.64 Å². The largest absolute Gasteiger partial charge is 0.469 e. The average Bonchev–Trinajstić information content (AvgIpc) is 3.10. The summed E-state index contributed by atoms with van der Waals surface area (Å²) in [6.45, 7) is 5.47. The molecule has 0 saturated carbocycles. The summed E-state index contributed by atoms with van der Waals surface area (Å²) in [5, 5.41) is 0. The average molecular weight is 392 g/mol. The Morgan fingerprint density at radius 1 is 1.10 bits per heavy atom. The maximum atomic E-state index is 11.7. The summed E-state index contributed by atoms with van der Waals surface area (Å²) in [4.78, 5) is 14.3. The molecule has 1 aliphatic heterocycles. The van der Waals surface area contributed by atoms with Crippen LogP contribution in [0.15, 0.2) is 48.5 Å². The number of likely N-dealkylation sites (tertiary alicyclic amines) is 1. The predicted octanol–water partition coefficient (Wildman–Crippen LogP) is 4.76. The van der Waals surface area contributed by atoms with Crippen LogP contribution in [-0.2, 0) is 27.8 Å². The molecule has 1 aliphatic carbocycles. The molecule has 0 spiro atoms. The van der Waals surface area contributed by atoms with E-state index in [4.69, 9.17) is 4.74 Å². The highest BCUT2D eigenvalue weighted by Gasteiger charge is 2.39. The molecule has 1 fully saturated rings. The van der Waals surface area contributed by atoms with Crippen molar-refractivity contribution in [1.82, 2.24) is 4.90 Å². The van der Waals surface area contributed by atoms with Crippen molar-refractivity contribution in [2.45, 2.75) is 50.9 Å². The van der Waals surface area contributed by atoms with Crippen LogP contribution in [0.25, 0.3) is 0 Å². The summed E-state index contributed by atoms with van der Waals surface area (Å²) in [6, 6.07) is 18.1. The molecule has 0 amide bonds. The van der Waals surface area contributed by atoms with E-state index < -0.39 is 0 Å². The molecule has 154 valence electrons. The molecule has 2 aromatic rings. The van der Waals surface area contributed by atoms with Gasteiger partial charge in [0.05, 0.1) is 7.11 Å². The quantitative estimate of drug-likeness (QED) is 0.665. The van der Waals surface area contributed by atoms with Gasteiger partial charge in [-0.25, -0.2) is 0 Å². The van der Waals surface area contributed by atoms with Crippen LogP contribution < -0.4 is 0 Å². The van der Waals surface area contributed by atoms with Gasteiger partial charge in [-0.1, -0.05) is 61.9 Å². The van der Waals surface area contributed by atoms with Crippen molar-refractivity contribution in [3.8, 4) is 0 Å². The zero-order valence-electron chi connectivity index (χ0n) is 17.8. The summed E-state index contributed by atoms with van der Waals surface area (Å²) >= 11 is 0. The van der Waals surface area contributed by atoms with Gasteiger partial charge in [0.1, 0.15) is 0 Å². The van der Waals surface area contributed by atoms with E-state index in [1.54, 1.807) is 0 Å². The molecule has 1 heterocycles. The fourth-order valence-electron chi connectivity index (χ4n) is 5.65. The highest BCUT2D eigenvalue weighted by atomic mass is 16.5. The molecule has 0 N–H and O–H groups in total. The number of fused-ring (bicyclic) bond motifs is 2. The van der Waals surface area contributed by atoms with Gasteiger partial charge in [0, 0.05) is 24.9 Å². The van der Waals surface area contributed by atoms with Gasteiger partial charge in [-0.3, -0.25) is 4.79 Å². The van der Waals surface area contributed by atoms with Gasteiger partial charge >= 0.3 is 5.97 Å². The normalized spacial score (nSPS) is 23.9. The van der Waals surface area contributed by atoms with Crippen LogP contribution in [0.5, 0.6) is 0 Å². The number of methoxy groups -OCH3 is 1. The molecule has 4 rings (SSSR count). The highest BCUT2D eigenvalue weighted by molar-refractivity contribution is 5.69. The van der Waals surface area contributed by atoms with Gasteiger partial charge in [-0.2, -0.15) is 0 Å². The second kappa shape index (κ2) is 8.71. The Bertz CT molecular complexity index is 861. The van der Waals surface area contributed by atoms with Crippen LogP contribution in [0.4, 0.5) is 0 Å². The lowest BCUT2D eigenvalue weighted by Crippen LogP contribution is -2.42. The Balaban J connectivity index is 1.65. The third-order valence-corrected chi connectivity index (χ3v) is 6.92. The van der Waals surface area contributed by atoms with Crippen molar-refractivity contribution in [2.75, 3.05) is 26.7 Å². The summed E-state index contributed by atoms with van der Waals surface area (Å²) < 4.78 is 4.90. The van der Waals surface area contributed by atoms with Crippen molar-refractivity contribution in [2.24, 2.45) is 5.92 Å². The number of ether oxygens (including phenoxy) is 1. The van der Waals surface area contributed by atoms with Crippen molar-refractivity contribution < 1.29 is 9.53 Å². The first-order valence-corrected chi connectivity index (χ1v) is 11.1. The van der Waals surface area contributed by atoms with E-state index >= 15 is 0 Å². The second-order valence-electron chi connectivity index (χ2n) is 8.98. The van der Waals surface area contributed by atoms with Crippen molar-refractivity contribution >= 4 is 5.97 Å². The second-order valence-corrected chi connectivity index (χ2v) is 8.98. The van der Waals surface area contributed by atoms with Crippen LogP contribution >= 0.6 is 0 Å². The smallest absolute Gasteiger partial charge is 0.305 e. The number of esters is 1. The molecular weight excluding hydrogens is 358 g/mol. The summed E-state index contributed by atoms with van der Waals surface area (Å²) in [6.07, 6.45) is 6.14. The number of carbonyl (C=O) groups is 1. The van der Waals surface area contributed by atoms with Crippen LogP contribution in [-0.4, -0.2) is 37.6 Å². The van der Waals surface area contributed by atoms with Gasteiger partial charge in [-0.05, 0) is 60.4 Å². The predicted molar refractivity (Wildman–Crippen MR) is 117 cm³/mol. The number of hydrogen-bond donors (Lipinski definition) is 0. The first-order chi connectivity index (χ1) is 14.1. The van der Waals surface area contributed by atoms with Crippen LogP contribution in [0.3, 0.4) is 0 Å². The van der Waals surface area contributed by atoms with E-state index in [1.165, 1.54) is 42.2 Å². The first-order valence-electron chi connectivity index (χ1n) is 11.1. The monoisotopic (exact) mass is 391 g/mol. The summed E-state index contributed by atoms with van der Waals surface area (Å²) in [7, 11) is 1.49. The Kier molecular flexibility index (Phi) is 6.05. The van der Waals surface area contributed by atoms with Crippen LogP contribution in [0, 0.1) is 5.92 Å². The van der Waals surface area contributed by atoms with E-state index in [0.717, 1.165) is 38.9 Å². The first kappa shape index (κ1) is 20.2. The molecule has 0 aromatic heterocycles. The van der Waals surface area contributed by atoms with Crippen molar-refractivity contribution in [3.63, 3.8) is 0 Å². The number of rotatable bonds is 6. The van der Waals surface area contributed by atoms with E-state index in [9.17, 15) is 4.79 Å². The molecular formula is C26H33NO2. The lowest BCUT2D eigenvalue weighted by Gasteiger charge is -2.38. The van der Waals surface area contributed by atoms with Crippen molar-refractivity contribution in [3.05, 3.63) is 70.8 Å². The van der Waals surface area contributed by atoms with Gasteiger partial charge in [-0.15, -0.1) is 0 Å². The molecule has 2 aliphatic rings. The number of nitrogens with zero attached hydrogens (tertiary/aromatic N) is 1. The minimum Gasteiger partial charge on any atom is -0.469 e. The summed E-state index contributed by atoms with van der Waals surface area (Å²) in [5.74, 6) is 0.350. The maximum absolute atomic E-state index is 11.7. The molecule has 0 radical (unpaired) electrons. The molecule has 3 heteroatoms. The van der Waals surface area contributed by atoms with E-state index in [0.29, 0.717) is 12.3 Å². The molecule has 29 heavy (non-hydrogen) atoms. The Labute approximate surface area is 175 Å². The fraction of sp³-hybridized carbons (Fsp3) is 0.500.